The summed E-state index contributed by atoms with van der Waals surface area (Å²) < 4.78 is 3.04. The summed E-state index contributed by atoms with van der Waals surface area (Å²) in [5, 5.41) is 4.95. The number of nitrogens with one attached hydrogen (secondary N) is 2. The van der Waals surface area contributed by atoms with Crippen molar-refractivity contribution < 1.29 is 4.79 Å². The van der Waals surface area contributed by atoms with Crippen molar-refractivity contribution in [2.24, 2.45) is 10.8 Å². The van der Waals surface area contributed by atoms with E-state index in [0.29, 0.717) is 5.71 Å². The van der Waals surface area contributed by atoms with Gasteiger partial charge in [-0.15, -0.1) is 0 Å². The molecule has 0 spiro atoms. The van der Waals surface area contributed by atoms with Crippen LogP contribution in [-0.2, 0) is 0 Å². The first kappa shape index (κ1) is 20.7. The zero-order chi connectivity index (χ0) is 20.5. The van der Waals surface area contributed by atoms with E-state index in [-0.39, 0.29) is 21.6 Å². The van der Waals surface area contributed by atoms with Crippen LogP contribution in [0.3, 0.4) is 0 Å². The van der Waals surface area contributed by atoms with Gasteiger partial charge in [0.15, 0.2) is 0 Å². The first-order chi connectivity index (χ1) is 14.1. The van der Waals surface area contributed by atoms with Gasteiger partial charge < -0.3 is 10.7 Å². The molecule has 0 atom stereocenters. The molecule has 29 heavy (non-hydrogen) atoms. The number of urea groups is 1. The summed E-state index contributed by atoms with van der Waals surface area (Å²) in [7, 11) is 0. The molecule has 0 saturated carbocycles. The van der Waals surface area contributed by atoms with Crippen LogP contribution in [0.15, 0.2) is 96.2 Å². The van der Waals surface area contributed by atoms with Gasteiger partial charge in [-0.3, -0.25) is 0 Å². The van der Waals surface area contributed by atoms with Crippen LogP contribution in [0, 0.1) is 0 Å². The van der Waals surface area contributed by atoms with Crippen molar-refractivity contribution in [3.05, 3.63) is 96.7 Å². The number of H-pyrrole nitrogens is 1. The van der Waals surface area contributed by atoms with Crippen LogP contribution in [0.2, 0.25) is 0 Å². The van der Waals surface area contributed by atoms with Gasteiger partial charge in [0.25, 0.3) is 0 Å². The Morgan fingerprint density at radius 1 is 0.897 bits per heavy atom. The second kappa shape index (κ2) is 10.5. The number of hydrogen-bond donors (Lipinski definition) is 3. The molecule has 3 aromatic carbocycles. The van der Waals surface area contributed by atoms with Crippen LogP contribution in [0.4, 0.5) is 4.79 Å². The van der Waals surface area contributed by atoms with E-state index in [4.69, 9.17) is 5.73 Å². The number of hydrazone groups is 1. The Morgan fingerprint density at radius 3 is 2.03 bits per heavy atom. The molecular formula is C23H22N4OSb. The van der Waals surface area contributed by atoms with Gasteiger partial charge in [-0.05, 0) is 13.0 Å². The van der Waals surface area contributed by atoms with Gasteiger partial charge >= 0.3 is 95.3 Å². The Kier molecular flexibility index (Phi) is 7.48. The summed E-state index contributed by atoms with van der Waals surface area (Å²) in [6.45, 7) is 1.81. The van der Waals surface area contributed by atoms with Crippen LogP contribution < -0.4 is 18.2 Å². The third-order valence-corrected chi connectivity index (χ3v) is 7.26. The molecule has 0 aliphatic rings. The predicted octanol–water partition coefficient (Wildman–Crippen LogP) is 2.90. The van der Waals surface area contributed by atoms with E-state index < -0.39 is 6.03 Å². The molecule has 6 heteroatoms. The van der Waals surface area contributed by atoms with E-state index in [1.165, 1.54) is 7.02 Å². The quantitative estimate of drug-likeness (QED) is 0.229. The maximum absolute atomic E-state index is 10.5. The summed E-state index contributed by atoms with van der Waals surface area (Å²) in [6.07, 6.45) is 1.85. The van der Waals surface area contributed by atoms with Gasteiger partial charge in [-0.1, -0.05) is 18.2 Å². The number of aromatic amines is 1. The second-order valence-electron chi connectivity index (χ2n) is 6.20. The van der Waals surface area contributed by atoms with E-state index >= 15 is 0 Å². The molecule has 0 saturated heterocycles. The first-order valence-corrected chi connectivity index (χ1v) is 11.7. The normalized spacial score (nSPS) is 10.9. The maximum atomic E-state index is 10.5. The molecule has 0 aliphatic carbocycles. The van der Waals surface area contributed by atoms with Crippen LogP contribution in [0.1, 0.15) is 12.5 Å². The van der Waals surface area contributed by atoms with Gasteiger partial charge in [-0.2, -0.15) is 5.10 Å². The molecule has 4 aromatic rings. The van der Waals surface area contributed by atoms with E-state index in [0.717, 1.165) is 16.5 Å². The summed E-state index contributed by atoms with van der Waals surface area (Å²) >= 11 is -0.335. The number of fused-ring (bicyclic) bond motifs is 1. The van der Waals surface area contributed by atoms with Crippen molar-refractivity contribution in [3.8, 4) is 0 Å². The first-order valence-electron chi connectivity index (χ1n) is 9.11. The van der Waals surface area contributed by atoms with Crippen molar-refractivity contribution in [1.29, 1.82) is 0 Å². The van der Waals surface area contributed by atoms with Crippen molar-refractivity contribution in [3.63, 3.8) is 0 Å². The predicted molar refractivity (Wildman–Crippen MR) is 121 cm³/mol. The number of benzene rings is 3. The van der Waals surface area contributed by atoms with E-state index in [1.807, 2.05) is 37.4 Å². The minimum absolute atomic E-state index is 0.335. The van der Waals surface area contributed by atoms with Crippen molar-refractivity contribution in [1.82, 2.24) is 10.4 Å². The van der Waals surface area contributed by atoms with Gasteiger partial charge in [0.05, 0.1) is 5.71 Å². The molecule has 4 rings (SSSR count). The van der Waals surface area contributed by atoms with Gasteiger partial charge in [0, 0.05) is 22.7 Å². The van der Waals surface area contributed by atoms with Crippen molar-refractivity contribution >= 4 is 51.3 Å². The molecule has 0 bridgehead atoms. The standard InChI is InChI=1S/C11H12N4O.2C6H5.Sb/c1-7(14-15-11(12)16)9-6-13-10-5-3-2-4-8(9)10;2*1-2-4-6-5-3-1;/h2-6,13H,1H3,(H3,12,15,16);2*1-5H;/b14-7+;;;. The summed E-state index contributed by atoms with van der Waals surface area (Å²) in [5.41, 5.74) is 9.84. The SMILES string of the molecule is C/C(=N\NC(N)=O)c1c[nH]c2ccccc12.c1cc[c]([Sb][c]2ccccc2)cc1. The number of primary amides is 1. The summed E-state index contributed by atoms with van der Waals surface area (Å²) in [5.74, 6) is 0. The van der Waals surface area contributed by atoms with E-state index in [1.54, 1.807) is 0 Å². The van der Waals surface area contributed by atoms with Crippen molar-refractivity contribution in [2.75, 3.05) is 0 Å². The number of carbonyl (C=O) groups is 1. The zero-order valence-corrected chi connectivity index (χ0v) is 18.6. The molecule has 2 amide bonds. The molecular weight excluding hydrogens is 470 g/mol. The Balaban J connectivity index is 0.000000169. The Hall–Kier alpha value is -3.04. The third kappa shape index (κ3) is 6.23. The number of para-hydroxylation sites is 1. The van der Waals surface area contributed by atoms with Crippen LogP contribution in [0.25, 0.3) is 10.9 Å². The molecule has 1 heterocycles. The van der Waals surface area contributed by atoms with Crippen LogP contribution in [-0.4, -0.2) is 38.3 Å². The number of amides is 2. The number of rotatable bonds is 4. The average molecular weight is 492 g/mol. The second-order valence-corrected chi connectivity index (χ2v) is 9.79. The third-order valence-electron chi connectivity index (χ3n) is 4.08. The number of aromatic nitrogens is 1. The fourth-order valence-electron chi connectivity index (χ4n) is 2.72. The molecule has 0 fully saturated rings. The van der Waals surface area contributed by atoms with E-state index in [9.17, 15) is 4.79 Å². The fourth-order valence-corrected chi connectivity index (χ4v) is 5.41. The molecule has 0 unspecified atom stereocenters. The molecule has 4 N–H and O–H groups in total. The van der Waals surface area contributed by atoms with E-state index in [2.05, 4.69) is 76.2 Å². The topological polar surface area (TPSA) is 83.3 Å². The summed E-state index contributed by atoms with van der Waals surface area (Å²) in [6, 6.07) is 28.7. The van der Waals surface area contributed by atoms with Gasteiger partial charge in [0.2, 0.25) is 0 Å². The average Bonchev–Trinajstić information content (AvgIpc) is 3.18. The fraction of sp³-hybridized carbons (Fsp3) is 0.0435. The van der Waals surface area contributed by atoms with Gasteiger partial charge in [-0.25, -0.2) is 10.2 Å². The van der Waals surface area contributed by atoms with Crippen LogP contribution >= 0.6 is 0 Å². The number of nitrogens with two attached hydrogens (primary N) is 1. The Morgan fingerprint density at radius 2 is 1.45 bits per heavy atom. The minimum atomic E-state index is -0.667. The van der Waals surface area contributed by atoms with Gasteiger partial charge in [0.1, 0.15) is 0 Å². The van der Waals surface area contributed by atoms with Crippen molar-refractivity contribution in [2.45, 2.75) is 6.92 Å². The summed E-state index contributed by atoms with van der Waals surface area (Å²) in [4.78, 5) is 13.7. The molecule has 0 aliphatic heterocycles. The number of hydrogen-bond acceptors (Lipinski definition) is 2. The molecule has 5 nitrogen and oxygen atoms in total. The number of carbonyl (C=O) groups excluding carboxylic acids is 1. The van der Waals surface area contributed by atoms with Crippen LogP contribution in [0.5, 0.6) is 0 Å². The molecule has 145 valence electrons. The monoisotopic (exact) mass is 491 g/mol. The zero-order valence-electron chi connectivity index (χ0n) is 16.0. The molecule has 1 radical (unpaired) electrons. The Bertz CT molecular complexity index is 1050. The Labute approximate surface area is 180 Å². The molecule has 1 aromatic heterocycles. The number of nitrogens with zero attached hydrogens (tertiary/aromatic N) is 1.